The summed E-state index contributed by atoms with van der Waals surface area (Å²) < 4.78 is 7.25. The molecule has 2 bridgehead atoms. The molecule has 140 valence electrons. The third-order valence-corrected chi connectivity index (χ3v) is 5.62. The molecule has 1 aromatic carbocycles. The Morgan fingerprint density at radius 2 is 1.96 bits per heavy atom. The number of methoxy groups -OCH3 is 1. The fourth-order valence-corrected chi connectivity index (χ4v) is 4.24. The normalized spacial score (nSPS) is 24.2. The van der Waals surface area contributed by atoms with E-state index in [1.165, 1.54) is 0 Å². The molecule has 26 heavy (non-hydrogen) atoms. The van der Waals surface area contributed by atoms with Crippen LogP contribution in [-0.2, 0) is 11.8 Å². The van der Waals surface area contributed by atoms with E-state index in [1.807, 2.05) is 29.8 Å². The molecule has 0 saturated carbocycles. The number of piperidine rings is 3. The molecule has 1 N–H and O–H groups in total. The lowest BCUT2D eigenvalue weighted by Crippen LogP contribution is -2.58. The van der Waals surface area contributed by atoms with Crippen LogP contribution in [0.25, 0.3) is 10.9 Å². The molecular formula is C19H24ClN3O3. The second-order valence-corrected chi connectivity index (χ2v) is 7.06. The first-order chi connectivity index (χ1) is 12.1. The molecule has 0 aliphatic carbocycles. The molecule has 3 saturated heterocycles. The number of halogens is 1. The maximum absolute atomic E-state index is 12.8. The number of amides is 1. The van der Waals surface area contributed by atoms with Gasteiger partial charge in [0, 0.05) is 25.8 Å². The third kappa shape index (κ3) is 3.08. The van der Waals surface area contributed by atoms with Crippen molar-refractivity contribution in [2.24, 2.45) is 13.0 Å². The molecule has 0 spiro atoms. The topological polar surface area (TPSA) is 63.6 Å². The van der Waals surface area contributed by atoms with Crippen LogP contribution in [0, 0.1) is 5.92 Å². The number of aromatic nitrogens is 1. The zero-order valence-corrected chi connectivity index (χ0v) is 15.8. The van der Waals surface area contributed by atoms with Crippen molar-refractivity contribution in [3.63, 3.8) is 0 Å². The van der Waals surface area contributed by atoms with E-state index in [4.69, 9.17) is 4.74 Å². The van der Waals surface area contributed by atoms with Gasteiger partial charge in [0.2, 0.25) is 0 Å². The second kappa shape index (κ2) is 7.29. The van der Waals surface area contributed by atoms with Gasteiger partial charge >= 0.3 is 0 Å². The van der Waals surface area contributed by atoms with Crippen molar-refractivity contribution in [3.8, 4) is 5.75 Å². The number of nitrogens with one attached hydrogen (secondary N) is 1. The summed E-state index contributed by atoms with van der Waals surface area (Å²) in [5, 5.41) is 3.68. The van der Waals surface area contributed by atoms with Gasteiger partial charge in [0.05, 0.1) is 23.6 Å². The Morgan fingerprint density at radius 1 is 1.23 bits per heavy atom. The van der Waals surface area contributed by atoms with Crippen LogP contribution < -0.4 is 10.1 Å². The Labute approximate surface area is 158 Å². The fourth-order valence-electron chi connectivity index (χ4n) is 4.24. The van der Waals surface area contributed by atoms with Gasteiger partial charge in [-0.1, -0.05) is 6.07 Å². The summed E-state index contributed by atoms with van der Waals surface area (Å²) in [6.07, 6.45) is 3.91. The quantitative estimate of drug-likeness (QED) is 0.654. The summed E-state index contributed by atoms with van der Waals surface area (Å²) in [7, 11) is 3.44. The highest BCUT2D eigenvalue weighted by atomic mass is 35.5. The Kier molecular flexibility index (Phi) is 5.25. The number of carbonyl (C=O) groups is 2. The second-order valence-electron chi connectivity index (χ2n) is 7.06. The maximum Gasteiger partial charge on any atom is 0.292 e. The minimum Gasteiger partial charge on any atom is -0.496 e. The molecule has 5 rings (SSSR count). The predicted octanol–water partition coefficient (Wildman–Crippen LogP) is 2.00. The number of hydrogen-bond donors (Lipinski definition) is 1. The lowest BCUT2D eigenvalue weighted by Gasteiger charge is -2.44. The maximum atomic E-state index is 12.8. The lowest BCUT2D eigenvalue weighted by atomic mass is 9.84. The van der Waals surface area contributed by atoms with Gasteiger partial charge in [-0.2, -0.15) is 0 Å². The van der Waals surface area contributed by atoms with Crippen LogP contribution in [0.4, 0.5) is 0 Å². The van der Waals surface area contributed by atoms with Gasteiger partial charge in [-0.15, -0.1) is 12.4 Å². The molecule has 1 atom stereocenters. The molecule has 7 heteroatoms. The number of fused-ring (bicyclic) bond motifs is 4. The zero-order valence-electron chi connectivity index (χ0n) is 15.0. The molecule has 4 heterocycles. The van der Waals surface area contributed by atoms with Gasteiger partial charge in [-0.05, 0) is 44.0 Å². The van der Waals surface area contributed by atoms with E-state index in [-0.39, 0.29) is 18.4 Å². The number of aryl methyl sites for hydroxylation is 1. The first-order valence-electron chi connectivity index (χ1n) is 8.78. The zero-order chi connectivity index (χ0) is 17.6. The molecular weight excluding hydrogens is 354 g/mol. The third-order valence-electron chi connectivity index (χ3n) is 5.62. The van der Waals surface area contributed by atoms with Crippen molar-refractivity contribution >= 4 is 35.0 Å². The summed E-state index contributed by atoms with van der Waals surface area (Å²) in [5.74, 6) is 0.0876. The Hall–Kier alpha value is -2.05. The van der Waals surface area contributed by atoms with Crippen molar-refractivity contribution in [2.75, 3.05) is 26.7 Å². The van der Waals surface area contributed by atoms with Crippen LogP contribution in [-0.4, -0.2) is 53.9 Å². The van der Waals surface area contributed by atoms with Gasteiger partial charge in [-0.25, -0.2) is 0 Å². The van der Waals surface area contributed by atoms with Gasteiger partial charge in [0.15, 0.2) is 0 Å². The van der Waals surface area contributed by atoms with Gasteiger partial charge < -0.3 is 19.5 Å². The highest BCUT2D eigenvalue weighted by molar-refractivity contribution is 6.45. The molecule has 6 nitrogen and oxygen atoms in total. The minimum absolute atomic E-state index is 0. The molecule has 1 amide bonds. The van der Waals surface area contributed by atoms with Crippen molar-refractivity contribution < 1.29 is 14.3 Å². The van der Waals surface area contributed by atoms with Crippen LogP contribution in [0.2, 0.25) is 0 Å². The summed E-state index contributed by atoms with van der Waals surface area (Å²) in [6.45, 7) is 3.06. The van der Waals surface area contributed by atoms with E-state index in [0.717, 1.165) is 38.0 Å². The number of rotatable bonds is 4. The van der Waals surface area contributed by atoms with Crippen LogP contribution in [0.15, 0.2) is 24.4 Å². The standard InChI is InChI=1S/C19H23N3O3.ClH/c1-21-10-13(17-15(21)4-3-5-16(17)25-2)18(23)19(24)20-14-11-22-8-6-12(14)7-9-22;/h3-5,10,12,14H,6-9,11H2,1-2H3,(H,20,24);1H/t14-;/m1./s1. The summed E-state index contributed by atoms with van der Waals surface area (Å²) in [4.78, 5) is 27.8. The number of hydrogen-bond acceptors (Lipinski definition) is 4. The van der Waals surface area contributed by atoms with Gasteiger partial charge in [0.1, 0.15) is 5.75 Å². The highest BCUT2D eigenvalue weighted by Crippen LogP contribution is 2.31. The number of benzene rings is 1. The molecule has 3 fully saturated rings. The molecule has 2 aromatic rings. The van der Waals surface area contributed by atoms with E-state index < -0.39 is 11.7 Å². The van der Waals surface area contributed by atoms with Crippen LogP contribution >= 0.6 is 12.4 Å². The average molecular weight is 378 g/mol. The van der Waals surface area contributed by atoms with E-state index in [2.05, 4.69) is 10.2 Å². The smallest absolute Gasteiger partial charge is 0.292 e. The Morgan fingerprint density at radius 3 is 2.58 bits per heavy atom. The first-order valence-corrected chi connectivity index (χ1v) is 8.78. The molecule has 1 aromatic heterocycles. The number of ketones is 1. The number of nitrogens with zero attached hydrogens (tertiary/aromatic N) is 2. The predicted molar refractivity (Wildman–Crippen MR) is 102 cm³/mol. The molecule has 3 aliphatic heterocycles. The monoisotopic (exact) mass is 377 g/mol. The molecule has 0 radical (unpaired) electrons. The minimum atomic E-state index is -0.517. The van der Waals surface area contributed by atoms with E-state index in [1.54, 1.807) is 13.3 Å². The summed E-state index contributed by atoms with van der Waals surface area (Å²) in [5.41, 5.74) is 1.27. The number of carbonyl (C=O) groups excluding carboxylic acids is 2. The van der Waals surface area contributed by atoms with E-state index in [0.29, 0.717) is 22.6 Å². The van der Waals surface area contributed by atoms with Crippen LogP contribution in [0.5, 0.6) is 5.75 Å². The number of ether oxygens (including phenoxy) is 1. The summed E-state index contributed by atoms with van der Waals surface area (Å²) in [6, 6.07) is 5.68. The van der Waals surface area contributed by atoms with E-state index in [9.17, 15) is 9.59 Å². The SMILES string of the molecule is COc1cccc2c1c(C(=O)C(=O)N[C@@H]1CN3CCC1CC3)cn2C.Cl. The lowest BCUT2D eigenvalue weighted by molar-refractivity contribution is -0.119. The van der Waals surface area contributed by atoms with Gasteiger partial charge in [-0.3, -0.25) is 9.59 Å². The van der Waals surface area contributed by atoms with Gasteiger partial charge in [0.25, 0.3) is 11.7 Å². The fraction of sp³-hybridized carbons (Fsp3) is 0.474. The number of Topliss-reactive ketones (excluding diaryl/α,β-unsaturated/α-hetero) is 1. The van der Waals surface area contributed by atoms with Crippen LogP contribution in [0.3, 0.4) is 0 Å². The largest absolute Gasteiger partial charge is 0.496 e. The van der Waals surface area contributed by atoms with Crippen molar-refractivity contribution in [3.05, 3.63) is 30.0 Å². The Balaban J connectivity index is 0.00000196. The first kappa shape index (κ1) is 18.7. The average Bonchev–Trinajstić information content (AvgIpc) is 2.99. The van der Waals surface area contributed by atoms with E-state index >= 15 is 0 Å². The Bertz CT molecular complexity index is 840. The highest BCUT2D eigenvalue weighted by Gasteiger charge is 2.36. The van der Waals surface area contributed by atoms with Crippen molar-refractivity contribution in [1.82, 2.24) is 14.8 Å². The van der Waals surface area contributed by atoms with Crippen LogP contribution in [0.1, 0.15) is 23.2 Å². The molecule has 3 aliphatic rings. The summed E-state index contributed by atoms with van der Waals surface area (Å²) >= 11 is 0. The van der Waals surface area contributed by atoms with Crippen molar-refractivity contribution in [2.45, 2.75) is 18.9 Å². The molecule has 0 unspecified atom stereocenters. The van der Waals surface area contributed by atoms with Crippen molar-refractivity contribution in [1.29, 1.82) is 0 Å².